The molecule has 0 saturated carbocycles. The van der Waals surface area contributed by atoms with Crippen LogP contribution in [0.3, 0.4) is 0 Å². The molecule has 5 heteroatoms. The lowest BCUT2D eigenvalue weighted by Crippen LogP contribution is -2.41. The Bertz CT molecular complexity index is 519. The number of urea groups is 1. The number of likely N-dealkylation sites (tertiary alicyclic amines) is 1. The number of carbonyl (C=O) groups is 1. The Balaban J connectivity index is 1.77. The van der Waals surface area contributed by atoms with E-state index in [0.717, 1.165) is 25.9 Å². The zero-order valence-electron chi connectivity index (χ0n) is 11.8. The minimum atomic E-state index is -0.0831. The number of halogens is 1. The van der Waals surface area contributed by atoms with Crippen LogP contribution in [0, 0.1) is 18.3 Å². The monoisotopic (exact) mass is 306 g/mol. The highest BCUT2D eigenvalue weighted by atomic mass is 35.5. The molecule has 1 aromatic carbocycles. The lowest BCUT2D eigenvalue weighted by molar-refractivity contribution is 0.0932. The number of amides is 2. The van der Waals surface area contributed by atoms with Crippen molar-refractivity contribution >= 4 is 23.3 Å². The summed E-state index contributed by atoms with van der Waals surface area (Å²) in [5.74, 6) is 2.94. The predicted molar refractivity (Wildman–Crippen MR) is 84.4 cm³/mol. The summed E-state index contributed by atoms with van der Waals surface area (Å²) in [6, 6.07) is 7.07. The van der Waals surface area contributed by atoms with E-state index in [-0.39, 0.29) is 6.03 Å². The molecular weight excluding hydrogens is 288 g/mol. The second kappa shape index (κ2) is 7.92. The van der Waals surface area contributed by atoms with Gasteiger partial charge in [0.25, 0.3) is 0 Å². The van der Waals surface area contributed by atoms with Gasteiger partial charge in [0.15, 0.2) is 0 Å². The number of nitrogens with zero attached hydrogens (tertiary/aromatic N) is 1. The SMILES string of the molecule is C#CCOCC1CCN(C(=O)Nc2cccc(Cl)c2)CC1. The molecule has 2 amide bonds. The van der Waals surface area contributed by atoms with Gasteiger partial charge in [0.1, 0.15) is 6.61 Å². The van der Waals surface area contributed by atoms with Crippen LogP contribution in [0.2, 0.25) is 5.02 Å². The van der Waals surface area contributed by atoms with Gasteiger partial charge in [0.2, 0.25) is 0 Å². The number of benzene rings is 1. The summed E-state index contributed by atoms with van der Waals surface area (Å²) in [6.07, 6.45) is 7.02. The number of rotatable bonds is 4. The van der Waals surface area contributed by atoms with Crippen molar-refractivity contribution in [2.24, 2.45) is 5.92 Å². The Kier molecular flexibility index (Phi) is 5.91. The minimum Gasteiger partial charge on any atom is -0.369 e. The third-order valence-electron chi connectivity index (χ3n) is 3.52. The van der Waals surface area contributed by atoms with Crippen molar-refractivity contribution in [2.45, 2.75) is 12.8 Å². The second-order valence-corrected chi connectivity index (χ2v) is 5.53. The number of hydrogen-bond donors (Lipinski definition) is 1. The summed E-state index contributed by atoms with van der Waals surface area (Å²) in [4.78, 5) is 14.0. The maximum absolute atomic E-state index is 12.2. The molecule has 1 aromatic rings. The van der Waals surface area contributed by atoms with Gasteiger partial charge in [0.05, 0.1) is 6.61 Å². The van der Waals surface area contributed by atoms with Crippen LogP contribution >= 0.6 is 11.6 Å². The Morgan fingerprint density at radius 2 is 2.24 bits per heavy atom. The molecule has 1 saturated heterocycles. The summed E-state index contributed by atoms with van der Waals surface area (Å²) in [7, 11) is 0. The van der Waals surface area contributed by atoms with Crippen molar-refractivity contribution in [3.63, 3.8) is 0 Å². The first kappa shape index (κ1) is 15.7. The molecule has 1 heterocycles. The standard InChI is InChI=1S/C16H19ClN2O2/c1-2-10-21-12-13-6-8-19(9-7-13)16(20)18-15-5-3-4-14(17)11-15/h1,3-5,11,13H,6-10,12H2,(H,18,20). The molecule has 0 atom stereocenters. The smallest absolute Gasteiger partial charge is 0.321 e. The molecule has 0 radical (unpaired) electrons. The first-order valence-corrected chi connectivity index (χ1v) is 7.39. The van der Waals surface area contributed by atoms with Gasteiger partial charge < -0.3 is 15.0 Å². The second-order valence-electron chi connectivity index (χ2n) is 5.09. The van der Waals surface area contributed by atoms with Crippen LogP contribution in [-0.2, 0) is 4.74 Å². The topological polar surface area (TPSA) is 41.6 Å². The minimum absolute atomic E-state index is 0.0831. The normalized spacial score (nSPS) is 15.5. The van der Waals surface area contributed by atoms with Crippen LogP contribution in [0.15, 0.2) is 24.3 Å². The van der Waals surface area contributed by atoms with E-state index in [2.05, 4.69) is 11.2 Å². The van der Waals surface area contributed by atoms with Gasteiger partial charge >= 0.3 is 6.03 Å². The fourth-order valence-electron chi connectivity index (χ4n) is 2.36. The van der Waals surface area contributed by atoms with Crippen molar-refractivity contribution in [1.82, 2.24) is 4.90 Å². The van der Waals surface area contributed by atoms with Crippen molar-refractivity contribution in [3.05, 3.63) is 29.3 Å². The van der Waals surface area contributed by atoms with Crippen LogP contribution in [0.25, 0.3) is 0 Å². The van der Waals surface area contributed by atoms with Crippen molar-refractivity contribution in [2.75, 3.05) is 31.6 Å². The average Bonchev–Trinajstić information content (AvgIpc) is 2.48. The van der Waals surface area contributed by atoms with E-state index in [1.807, 2.05) is 17.0 Å². The molecule has 1 aliphatic heterocycles. The molecule has 0 spiro atoms. The van der Waals surface area contributed by atoms with Crippen LogP contribution in [-0.4, -0.2) is 37.2 Å². The highest BCUT2D eigenvalue weighted by Gasteiger charge is 2.22. The largest absolute Gasteiger partial charge is 0.369 e. The van der Waals surface area contributed by atoms with Crippen LogP contribution in [0.4, 0.5) is 10.5 Å². The zero-order chi connectivity index (χ0) is 15.1. The van der Waals surface area contributed by atoms with E-state index < -0.39 is 0 Å². The first-order chi connectivity index (χ1) is 10.2. The molecule has 1 aliphatic rings. The Hall–Kier alpha value is -1.70. The molecular formula is C16H19ClN2O2. The Morgan fingerprint density at radius 1 is 1.48 bits per heavy atom. The summed E-state index contributed by atoms with van der Waals surface area (Å²) >= 11 is 5.90. The van der Waals surface area contributed by atoms with Gasteiger partial charge in [-0.2, -0.15) is 0 Å². The fourth-order valence-corrected chi connectivity index (χ4v) is 2.55. The summed E-state index contributed by atoms with van der Waals surface area (Å²) in [5, 5.41) is 3.47. The van der Waals surface area contributed by atoms with E-state index >= 15 is 0 Å². The van der Waals surface area contributed by atoms with Crippen molar-refractivity contribution in [1.29, 1.82) is 0 Å². The van der Waals surface area contributed by atoms with E-state index in [4.69, 9.17) is 22.8 Å². The molecule has 0 aliphatic carbocycles. The number of terminal acetylenes is 1. The van der Waals surface area contributed by atoms with Crippen molar-refractivity contribution in [3.8, 4) is 12.3 Å². The molecule has 0 aromatic heterocycles. The van der Waals surface area contributed by atoms with E-state index in [1.165, 1.54) is 0 Å². The number of piperidine rings is 1. The number of carbonyl (C=O) groups excluding carboxylic acids is 1. The molecule has 21 heavy (non-hydrogen) atoms. The molecule has 2 rings (SSSR count). The van der Waals surface area contributed by atoms with Gasteiger partial charge in [-0.1, -0.05) is 23.6 Å². The van der Waals surface area contributed by atoms with E-state index in [0.29, 0.717) is 29.8 Å². The molecule has 1 N–H and O–H groups in total. The van der Waals surface area contributed by atoms with Gasteiger partial charge in [-0.25, -0.2) is 4.79 Å². The predicted octanol–water partition coefficient (Wildman–Crippen LogP) is 3.23. The molecule has 0 bridgehead atoms. The number of nitrogens with one attached hydrogen (secondary N) is 1. The van der Waals surface area contributed by atoms with E-state index in [1.54, 1.807) is 12.1 Å². The zero-order valence-corrected chi connectivity index (χ0v) is 12.6. The molecule has 0 unspecified atom stereocenters. The first-order valence-electron chi connectivity index (χ1n) is 7.01. The Labute approximate surface area is 130 Å². The Morgan fingerprint density at radius 3 is 2.90 bits per heavy atom. The third-order valence-corrected chi connectivity index (χ3v) is 3.75. The van der Waals surface area contributed by atoms with Gasteiger partial charge in [-0.3, -0.25) is 0 Å². The summed E-state index contributed by atoms with van der Waals surface area (Å²) < 4.78 is 5.36. The maximum atomic E-state index is 12.2. The van der Waals surface area contributed by atoms with Crippen LogP contribution < -0.4 is 5.32 Å². The van der Waals surface area contributed by atoms with E-state index in [9.17, 15) is 4.79 Å². The summed E-state index contributed by atoms with van der Waals surface area (Å²) in [5.41, 5.74) is 0.715. The fraction of sp³-hybridized carbons (Fsp3) is 0.438. The number of anilines is 1. The quantitative estimate of drug-likeness (QED) is 0.685. The highest BCUT2D eigenvalue weighted by molar-refractivity contribution is 6.30. The highest BCUT2D eigenvalue weighted by Crippen LogP contribution is 2.19. The molecule has 4 nitrogen and oxygen atoms in total. The number of ether oxygens (including phenoxy) is 1. The van der Waals surface area contributed by atoms with Gasteiger partial charge in [0, 0.05) is 23.8 Å². The van der Waals surface area contributed by atoms with Gasteiger partial charge in [-0.15, -0.1) is 6.42 Å². The van der Waals surface area contributed by atoms with Crippen LogP contribution in [0.1, 0.15) is 12.8 Å². The molecule has 112 valence electrons. The lowest BCUT2D eigenvalue weighted by Gasteiger charge is -2.31. The third kappa shape index (κ3) is 4.96. The number of hydrogen-bond acceptors (Lipinski definition) is 2. The van der Waals surface area contributed by atoms with Gasteiger partial charge in [-0.05, 0) is 37.0 Å². The lowest BCUT2D eigenvalue weighted by atomic mass is 9.98. The molecule has 1 fully saturated rings. The maximum Gasteiger partial charge on any atom is 0.321 e. The average molecular weight is 307 g/mol. The van der Waals surface area contributed by atoms with Crippen molar-refractivity contribution < 1.29 is 9.53 Å². The van der Waals surface area contributed by atoms with Crippen LogP contribution in [0.5, 0.6) is 0 Å². The summed E-state index contributed by atoms with van der Waals surface area (Å²) in [6.45, 7) is 2.50.